The topological polar surface area (TPSA) is 46.9 Å². The molecule has 1 amide bonds. The number of hydrogen-bond donors (Lipinski definition) is 1. The Morgan fingerprint density at radius 2 is 1.86 bits per heavy atom. The lowest BCUT2D eigenvalue weighted by atomic mass is 10.0. The van der Waals surface area contributed by atoms with E-state index in [2.05, 4.69) is 72.8 Å². The van der Waals surface area contributed by atoms with Crippen LogP contribution in [0.5, 0.6) is 0 Å². The third kappa shape index (κ3) is 4.69. The number of hydrogen-bond acceptors (Lipinski definition) is 2. The van der Waals surface area contributed by atoms with Crippen molar-refractivity contribution < 1.29 is 4.79 Å². The van der Waals surface area contributed by atoms with Crippen LogP contribution < -0.4 is 5.32 Å². The highest BCUT2D eigenvalue weighted by Gasteiger charge is 2.11. The van der Waals surface area contributed by atoms with Crippen molar-refractivity contribution in [2.45, 2.75) is 46.1 Å². The standard InChI is InChI=1S/C24H29N3O/c1-17(2)20-13-11-19(12-14-20)16-27-22-9-6-5-8-21(22)26-23(27)10-7-15-25-24(28)18(3)4/h5-6,8-9,11-14,17H,3,7,10,15-16H2,1-2,4H3,(H,25,28). The molecule has 3 rings (SSSR count). The van der Waals surface area contributed by atoms with Gasteiger partial charge in [0.2, 0.25) is 5.91 Å². The molecule has 28 heavy (non-hydrogen) atoms. The summed E-state index contributed by atoms with van der Waals surface area (Å²) in [5.41, 5.74) is 5.33. The molecule has 4 heteroatoms. The van der Waals surface area contributed by atoms with E-state index in [-0.39, 0.29) is 5.91 Å². The Hall–Kier alpha value is -2.88. The van der Waals surface area contributed by atoms with Crippen LogP contribution in [0.25, 0.3) is 11.0 Å². The second-order valence-electron chi connectivity index (χ2n) is 7.64. The third-order valence-corrected chi connectivity index (χ3v) is 4.97. The van der Waals surface area contributed by atoms with Gasteiger partial charge in [-0.3, -0.25) is 4.79 Å². The normalized spacial score (nSPS) is 11.1. The zero-order valence-corrected chi connectivity index (χ0v) is 17.0. The molecule has 0 atom stereocenters. The number of nitrogens with zero attached hydrogens (tertiary/aromatic N) is 2. The average Bonchev–Trinajstić information content (AvgIpc) is 3.03. The highest BCUT2D eigenvalue weighted by Crippen LogP contribution is 2.20. The molecule has 1 aromatic heterocycles. The molecule has 0 saturated carbocycles. The van der Waals surface area contributed by atoms with Crippen LogP contribution in [0.3, 0.4) is 0 Å². The zero-order valence-electron chi connectivity index (χ0n) is 17.0. The van der Waals surface area contributed by atoms with Crippen LogP contribution in [0.4, 0.5) is 0 Å². The van der Waals surface area contributed by atoms with Crippen LogP contribution in [0, 0.1) is 0 Å². The van der Waals surface area contributed by atoms with Crippen molar-refractivity contribution in [3.63, 3.8) is 0 Å². The Labute approximate surface area is 167 Å². The average molecular weight is 376 g/mol. The van der Waals surface area contributed by atoms with Gasteiger partial charge < -0.3 is 9.88 Å². The fourth-order valence-corrected chi connectivity index (χ4v) is 3.28. The molecule has 0 aliphatic carbocycles. The molecular weight excluding hydrogens is 346 g/mol. The number of imidazole rings is 1. The number of aromatic nitrogens is 2. The first-order valence-corrected chi connectivity index (χ1v) is 9.92. The third-order valence-electron chi connectivity index (χ3n) is 4.97. The van der Waals surface area contributed by atoms with Crippen molar-refractivity contribution in [3.8, 4) is 0 Å². The fraction of sp³-hybridized carbons (Fsp3) is 0.333. The molecule has 0 saturated heterocycles. The van der Waals surface area contributed by atoms with Crippen LogP contribution in [-0.4, -0.2) is 22.0 Å². The van der Waals surface area contributed by atoms with E-state index in [4.69, 9.17) is 4.98 Å². The molecule has 0 unspecified atom stereocenters. The number of amides is 1. The highest BCUT2D eigenvalue weighted by atomic mass is 16.1. The number of aryl methyl sites for hydroxylation is 1. The Bertz CT molecular complexity index is 967. The minimum absolute atomic E-state index is 0.0845. The Morgan fingerprint density at radius 1 is 1.14 bits per heavy atom. The number of carbonyl (C=O) groups is 1. The summed E-state index contributed by atoms with van der Waals surface area (Å²) < 4.78 is 2.29. The molecule has 3 aromatic rings. The molecule has 0 fully saturated rings. The zero-order chi connectivity index (χ0) is 20.1. The molecule has 1 N–H and O–H groups in total. The van der Waals surface area contributed by atoms with Gasteiger partial charge in [-0.2, -0.15) is 0 Å². The quantitative estimate of drug-likeness (QED) is 0.453. The molecule has 0 aliphatic rings. The van der Waals surface area contributed by atoms with E-state index < -0.39 is 0 Å². The molecule has 146 valence electrons. The number of fused-ring (bicyclic) bond motifs is 1. The van der Waals surface area contributed by atoms with Gasteiger partial charge in [0, 0.05) is 25.1 Å². The van der Waals surface area contributed by atoms with Crippen LogP contribution in [-0.2, 0) is 17.8 Å². The van der Waals surface area contributed by atoms with Crippen LogP contribution >= 0.6 is 0 Å². The first-order valence-electron chi connectivity index (χ1n) is 9.92. The number of rotatable bonds is 8. The molecular formula is C24H29N3O. The van der Waals surface area contributed by atoms with Crippen molar-refractivity contribution in [2.24, 2.45) is 0 Å². The maximum Gasteiger partial charge on any atom is 0.246 e. The van der Waals surface area contributed by atoms with Gasteiger partial charge in [-0.15, -0.1) is 0 Å². The van der Waals surface area contributed by atoms with Gasteiger partial charge in [0.15, 0.2) is 0 Å². The van der Waals surface area contributed by atoms with E-state index in [0.29, 0.717) is 18.0 Å². The number of benzene rings is 2. The maximum atomic E-state index is 11.6. The highest BCUT2D eigenvalue weighted by molar-refractivity contribution is 5.92. The van der Waals surface area contributed by atoms with Gasteiger partial charge in [-0.05, 0) is 42.5 Å². The van der Waals surface area contributed by atoms with E-state index in [9.17, 15) is 4.79 Å². The Balaban J connectivity index is 1.77. The summed E-state index contributed by atoms with van der Waals surface area (Å²) in [7, 11) is 0. The monoisotopic (exact) mass is 375 g/mol. The SMILES string of the molecule is C=C(C)C(=O)NCCCc1nc2ccccc2n1Cc1ccc(C(C)C)cc1. The van der Waals surface area contributed by atoms with Gasteiger partial charge in [-0.25, -0.2) is 4.98 Å². The predicted molar refractivity (Wildman–Crippen MR) is 116 cm³/mol. The Kier molecular flexibility index (Phi) is 6.30. The predicted octanol–water partition coefficient (Wildman–Crippen LogP) is 4.83. The summed E-state index contributed by atoms with van der Waals surface area (Å²) in [5, 5.41) is 2.90. The smallest absolute Gasteiger partial charge is 0.246 e. The lowest BCUT2D eigenvalue weighted by Crippen LogP contribution is -2.25. The largest absolute Gasteiger partial charge is 0.352 e. The van der Waals surface area contributed by atoms with Crippen molar-refractivity contribution in [3.05, 3.63) is 77.6 Å². The number of para-hydroxylation sites is 2. The molecule has 0 spiro atoms. The summed E-state index contributed by atoms with van der Waals surface area (Å²) in [4.78, 5) is 16.5. The second kappa shape index (κ2) is 8.87. The van der Waals surface area contributed by atoms with Gasteiger partial charge >= 0.3 is 0 Å². The number of carbonyl (C=O) groups excluding carboxylic acids is 1. The summed E-state index contributed by atoms with van der Waals surface area (Å²) in [6.07, 6.45) is 1.66. The lowest BCUT2D eigenvalue weighted by molar-refractivity contribution is -0.117. The second-order valence-corrected chi connectivity index (χ2v) is 7.64. The molecule has 2 aromatic carbocycles. The molecule has 4 nitrogen and oxygen atoms in total. The maximum absolute atomic E-state index is 11.6. The summed E-state index contributed by atoms with van der Waals surface area (Å²) >= 11 is 0. The van der Waals surface area contributed by atoms with Gasteiger partial charge in [0.25, 0.3) is 0 Å². The first-order chi connectivity index (χ1) is 13.5. The van der Waals surface area contributed by atoms with E-state index in [0.717, 1.165) is 36.2 Å². The fourth-order valence-electron chi connectivity index (χ4n) is 3.28. The van der Waals surface area contributed by atoms with Crippen LogP contribution in [0.2, 0.25) is 0 Å². The van der Waals surface area contributed by atoms with Crippen LogP contribution in [0.15, 0.2) is 60.7 Å². The Morgan fingerprint density at radius 3 is 2.54 bits per heavy atom. The van der Waals surface area contributed by atoms with Gasteiger partial charge in [0.05, 0.1) is 11.0 Å². The first kappa shape index (κ1) is 19.9. The van der Waals surface area contributed by atoms with Crippen LogP contribution in [0.1, 0.15) is 50.1 Å². The van der Waals surface area contributed by atoms with Crippen molar-refractivity contribution >= 4 is 16.9 Å². The van der Waals surface area contributed by atoms with Crippen molar-refractivity contribution in [1.29, 1.82) is 0 Å². The summed E-state index contributed by atoms with van der Waals surface area (Å²) in [5.74, 6) is 1.51. The van der Waals surface area contributed by atoms with E-state index in [1.165, 1.54) is 11.1 Å². The summed E-state index contributed by atoms with van der Waals surface area (Å²) in [6.45, 7) is 11.2. The van der Waals surface area contributed by atoms with Crippen molar-refractivity contribution in [1.82, 2.24) is 14.9 Å². The summed E-state index contributed by atoms with van der Waals surface area (Å²) in [6, 6.07) is 17.1. The van der Waals surface area contributed by atoms with Gasteiger partial charge in [0.1, 0.15) is 5.82 Å². The molecule has 0 bridgehead atoms. The number of nitrogens with one attached hydrogen (secondary N) is 1. The minimum atomic E-state index is -0.0845. The molecule has 0 radical (unpaired) electrons. The van der Waals surface area contributed by atoms with E-state index in [1.807, 2.05) is 6.07 Å². The van der Waals surface area contributed by atoms with E-state index >= 15 is 0 Å². The minimum Gasteiger partial charge on any atom is -0.352 e. The lowest BCUT2D eigenvalue weighted by Gasteiger charge is -2.11. The van der Waals surface area contributed by atoms with E-state index in [1.54, 1.807) is 6.92 Å². The molecule has 0 aliphatic heterocycles. The van der Waals surface area contributed by atoms with Crippen molar-refractivity contribution in [2.75, 3.05) is 6.54 Å². The van der Waals surface area contributed by atoms with Gasteiger partial charge in [-0.1, -0.05) is 56.8 Å². The molecule has 1 heterocycles.